The Balaban J connectivity index is 2.25. The van der Waals surface area contributed by atoms with Crippen LogP contribution in [0.15, 0.2) is 0 Å². The number of rotatable bonds is 7. The Morgan fingerprint density at radius 2 is 2.11 bits per heavy atom. The molecule has 1 atom stereocenters. The first-order valence-corrected chi connectivity index (χ1v) is 7.27. The predicted molar refractivity (Wildman–Crippen MR) is 75.0 cm³/mol. The van der Waals surface area contributed by atoms with E-state index in [2.05, 4.69) is 17.1 Å². The Labute approximate surface area is 116 Å². The smallest absolute Gasteiger partial charge is 0.248 e. The molecule has 0 saturated carbocycles. The highest BCUT2D eigenvalue weighted by Crippen LogP contribution is 2.20. The number of unbranched alkanes of at least 4 members (excludes halogenated alkanes) is 1. The Morgan fingerprint density at radius 1 is 1.47 bits per heavy atom. The molecule has 1 amide bonds. The maximum Gasteiger partial charge on any atom is 0.248 e. The fourth-order valence-corrected chi connectivity index (χ4v) is 2.09. The van der Waals surface area contributed by atoms with Crippen LogP contribution < -0.4 is 5.32 Å². The van der Waals surface area contributed by atoms with Gasteiger partial charge < -0.3 is 20.1 Å². The minimum Gasteiger partial charge on any atom is -0.388 e. The van der Waals surface area contributed by atoms with E-state index in [-0.39, 0.29) is 5.91 Å². The highest BCUT2D eigenvalue weighted by molar-refractivity contribution is 5.80. The summed E-state index contributed by atoms with van der Waals surface area (Å²) in [5.41, 5.74) is -0.759. The van der Waals surface area contributed by atoms with Gasteiger partial charge in [0.25, 0.3) is 0 Å². The number of carbonyl (C=O) groups excluding carboxylic acids is 1. The lowest BCUT2D eigenvalue weighted by molar-refractivity contribution is -0.133. The SMILES string of the molecule is CCCCO[C@@H](C)C(=O)NCC1(O)CCN(C)CC1. The largest absolute Gasteiger partial charge is 0.388 e. The van der Waals surface area contributed by atoms with Crippen molar-refractivity contribution in [1.29, 1.82) is 0 Å². The van der Waals surface area contributed by atoms with E-state index >= 15 is 0 Å². The lowest BCUT2D eigenvalue weighted by Gasteiger charge is -2.36. The van der Waals surface area contributed by atoms with Gasteiger partial charge in [-0.2, -0.15) is 0 Å². The molecule has 0 spiro atoms. The third-order valence-electron chi connectivity index (χ3n) is 3.74. The van der Waals surface area contributed by atoms with Crippen molar-refractivity contribution in [3.05, 3.63) is 0 Å². The summed E-state index contributed by atoms with van der Waals surface area (Å²) in [6.07, 6.45) is 2.99. The molecule has 0 unspecified atom stereocenters. The number of carbonyl (C=O) groups is 1. The van der Waals surface area contributed by atoms with E-state index in [0.29, 0.717) is 26.0 Å². The first kappa shape index (κ1) is 16.4. The third kappa shape index (κ3) is 5.89. The predicted octanol–water partition coefficient (Wildman–Crippen LogP) is 0.765. The molecule has 2 N–H and O–H groups in total. The van der Waals surface area contributed by atoms with Crippen LogP contribution in [0.3, 0.4) is 0 Å². The maximum atomic E-state index is 11.8. The Kier molecular flexibility index (Phi) is 6.75. The zero-order chi connectivity index (χ0) is 14.3. The zero-order valence-electron chi connectivity index (χ0n) is 12.4. The minimum atomic E-state index is -0.759. The molecule has 0 radical (unpaired) electrons. The van der Waals surface area contributed by atoms with E-state index in [9.17, 15) is 9.90 Å². The quantitative estimate of drug-likeness (QED) is 0.672. The van der Waals surface area contributed by atoms with Crippen molar-refractivity contribution in [3.8, 4) is 0 Å². The van der Waals surface area contributed by atoms with E-state index in [1.54, 1.807) is 6.92 Å². The van der Waals surface area contributed by atoms with Gasteiger partial charge in [0.15, 0.2) is 0 Å². The second kappa shape index (κ2) is 7.82. The van der Waals surface area contributed by atoms with Crippen LogP contribution in [-0.4, -0.2) is 60.9 Å². The molecule has 112 valence electrons. The summed E-state index contributed by atoms with van der Waals surface area (Å²) in [5.74, 6) is -0.136. The Bertz CT molecular complexity index is 276. The lowest BCUT2D eigenvalue weighted by Crippen LogP contribution is -2.51. The summed E-state index contributed by atoms with van der Waals surface area (Å²) >= 11 is 0. The van der Waals surface area contributed by atoms with Gasteiger partial charge in [0.05, 0.1) is 5.60 Å². The minimum absolute atomic E-state index is 0.136. The van der Waals surface area contributed by atoms with E-state index in [1.807, 2.05) is 7.05 Å². The summed E-state index contributed by atoms with van der Waals surface area (Å²) < 4.78 is 5.43. The van der Waals surface area contributed by atoms with Crippen LogP contribution in [0.25, 0.3) is 0 Å². The third-order valence-corrected chi connectivity index (χ3v) is 3.74. The summed E-state index contributed by atoms with van der Waals surface area (Å²) in [7, 11) is 2.04. The molecule has 0 aromatic heterocycles. The number of hydrogen-bond acceptors (Lipinski definition) is 4. The number of nitrogens with zero attached hydrogens (tertiary/aromatic N) is 1. The second-order valence-corrected chi connectivity index (χ2v) is 5.61. The first-order valence-electron chi connectivity index (χ1n) is 7.27. The molecular formula is C14H28N2O3. The molecule has 1 rings (SSSR count). The molecule has 5 heteroatoms. The average molecular weight is 272 g/mol. The second-order valence-electron chi connectivity index (χ2n) is 5.61. The molecule has 0 aliphatic carbocycles. The molecule has 5 nitrogen and oxygen atoms in total. The molecule has 0 aromatic carbocycles. The fraction of sp³-hybridized carbons (Fsp3) is 0.929. The van der Waals surface area contributed by atoms with Crippen molar-refractivity contribution in [2.45, 2.75) is 51.2 Å². The van der Waals surface area contributed by atoms with Crippen LogP contribution in [0.2, 0.25) is 0 Å². The van der Waals surface area contributed by atoms with E-state index in [1.165, 1.54) is 0 Å². The average Bonchev–Trinajstić information content (AvgIpc) is 2.40. The van der Waals surface area contributed by atoms with Crippen LogP contribution >= 0.6 is 0 Å². The molecule has 0 bridgehead atoms. The van der Waals surface area contributed by atoms with E-state index in [0.717, 1.165) is 25.9 Å². The van der Waals surface area contributed by atoms with Crippen LogP contribution in [0.4, 0.5) is 0 Å². The molecule has 1 heterocycles. The lowest BCUT2D eigenvalue weighted by atomic mass is 9.91. The normalized spacial score (nSPS) is 21.1. The Hall–Kier alpha value is -0.650. The summed E-state index contributed by atoms with van der Waals surface area (Å²) in [4.78, 5) is 14.0. The van der Waals surface area contributed by atoms with Gasteiger partial charge >= 0.3 is 0 Å². The molecule has 0 aromatic rings. The van der Waals surface area contributed by atoms with Gasteiger partial charge in [-0.25, -0.2) is 0 Å². The first-order chi connectivity index (χ1) is 8.97. The zero-order valence-corrected chi connectivity index (χ0v) is 12.4. The Morgan fingerprint density at radius 3 is 2.68 bits per heavy atom. The molecule has 1 aliphatic heterocycles. The summed E-state index contributed by atoms with van der Waals surface area (Å²) in [6, 6.07) is 0. The monoisotopic (exact) mass is 272 g/mol. The number of ether oxygens (including phenoxy) is 1. The van der Waals surface area contributed by atoms with Gasteiger partial charge in [-0.1, -0.05) is 13.3 Å². The van der Waals surface area contributed by atoms with Crippen LogP contribution in [0, 0.1) is 0 Å². The van der Waals surface area contributed by atoms with E-state index < -0.39 is 11.7 Å². The number of amides is 1. The fourth-order valence-electron chi connectivity index (χ4n) is 2.09. The summed E-state index contributed by atoms with van der Waals surface area (Å²) in [5, 5.41) is 13.2. The van der Waals surface area contributed by atoms with Gasteiger partial charge in [0, 0.05) is 26.2 Å². The van der Waals surface area contributed by atoms with Gasteiger partial charge in [0.1, 0.15) is 6.10 Å². The van der Waals surface area contributed by atoms with Gasteiger partial charge in [-0.05, 0) is 33.2 Å². The highest BCUT2D eigenvalue weighted by Gasteiger charge is 2.31. The number of piperidine rings is 1. The van der Waals surface area contributed by atoms with Crippen LogP contribution in [-0.2, 0) is 9.53 Å². The van der Waals surface area contributed by atoms with Crippen LogP contribution in [0.5, 0.6) is 0 Å². The van der Waals surface area contributed by atoms with Crippen molar-refractivity contribution >= 4 is 5.91 Å². The molecule has 1 saturated heterocycles. The van der Waals surface area contributed by atoms with Gasteiger partial charge in [0.2, 0.25) is 5.91 Å². The van der Waals surface area contributed by atoms with Crippen molar-refractivity contribution in [3.63, 3.8) is 0 Å². The van der Waals surface area contributed by atoms with Gasteiger partial charge in [-0.15, -0.1) is 0 Å². The maximum absolute atomic E-state index is 11.8. The van der Waals surface area contributed by atoms with E-state index in [4.69, 9.17) is 4.74 Å². The van der Waals surface area contributed by atoms with Crippen molar-refractivity contribution in [2.24, 2.45) is 0 Å². The number of nitrogens with one attached hydrogen (secondary N) is 1. The van der Waals surface area contributed by atoms with Crippen LogP contribution in [0.1, 0.15) is 39.5 Å². The van der Waals surface area contributed by atoms with Crippen molar-refractivity contribution < 1.29 is 14.6 Å². The van der Waals surface area contributed by atoms with Crippen molar-refractivity contribution in [1.82, 2.24) is 10.2 Å². The molecule has 19 heavy (non-hydrogen) atoms. The highest BCUT2D eigenvalue weighted by atomic mass is 16.5. The van der Waals surface area contributed by atoms with Gasteiger partial charge in [-0.3, -0.25) is 4.79 Å². The number of aliphatic hydroxyl groups is 1. The molecule has 1 fully saturated rings. The molecule has 1 aliphatic rings. The van der Waals surface area contributed by atoms with Crippen molar-refractivity contribution in [2.75, 3.05) is 33.3 Å². The summed E-state index contributed by atoms with van der Waals surface area (Å²) in [6.45, 7) is 6.51. The standard InChI is InChI=1S/C14H28N2O3/c1-4-5-10-19-12(2)13(17)15-11-14(18)6-8-16(3)9-7-14/h12,18H,4-11H2,1-3H3,(H,15,17)/t12-/m0/s1. The topological polar surface area (TPSA) is 61.8 Å². The number of likely N-dealkylation sites (tertiary alicyclic amines) is 1. The number of hydrogen-bond donors (Lipinski definition) is 2. The molecular weight excluding hydrogens is 244 g/mol.